The van der Waals surface area contributed by atoms with Crippen LogP contribution >= 0.6 is 0 Å². The molecule has 0 N–H and O–H groups in total. The zero-order chi connectivity index (χ0) is 26.7. The predicted molar refractivity (Wildman–Crippen MR) is 155 cm³/mol. The van der Waals surface area contributed by atoms with Crippen LogP contribution in [-0.2, 0) is 13.1 Å². The van der Waals surface area contributed by atoms with Gasteiger partial charge in [-0.2, -0.15) is 4.58 Å². The normalized spacial score (nSPS) is 13.1. The van der Waals surface area contributed by atoms with E-state index < -0.39 is 0 Å². The first kappa shape index (κ1) is 28.6. The van der Waals surface area contributed by atoms with E-state index in [0.717, 1.165) is 37.6 Å². The number of imidazole rings is 1. The summed E-state index contributed by atoms with van der Waals surface area (Å²) in [6, 6.07) is 10.5. The van der Waals surface area contributed by atoms with Crippen molar-refractivity contribution in [1.82, 2.24) is 9.47 Å². The average Bonchev–Trinajstić information content (AvgIpc) is 3.11. The van der Waals surface area contributed by atoms with Crippen molar-refractivity contribution in [2.24, 2.45) is 0 Å². The second-order valence-corrected chi connectivity index (χ2v) is 8.97. The Kier molecular flexibility index (Phi) is 11.1. The molecule has 2 aromatic rings. The number of allylic oxidation sites excluding steroid dienone is 8. The molecule has 4 heteroatoms. The molecule has 1 aromatic carbocycles. The summed E-state index contributed by atoms with van der Waals surface area (Å²) in [6.07, 6.45) is 14.3. The van der Waals surface area contributed by atoms with Gasteiger partial charge in [0.15, 0.2) is 18.5 Å². The van der Waals surface area contributed by atoms with Crippen molar-refractivity contribution in [1.29, 1.82) is 0 Å². The van der Waals surface area contributed by atoms with Crippen LogP contribution < -0.4 is 4.57 Å². The maximum Gasteiger partial charge on any atom is 0.289 e. The standard InChI is InChI=1S/C32H44N4/c1-10-14-20-31(13-4)32-35(22-12-3)28(7)29(8)36(32)24-23-34(25-30-18-16-15-17-19-30)27(6)26(5)33(9)21-11-2/h10-20,25H,2-4,21-24H2,1,5-9H3/q+2/b14-10-,27-26-,31-20+,34-25?. The molecule has 36 heavy (non-hydrogen) atoms. The second kappa shape index (κ2) is 14.0. The average molecular weight is 485 g/mol. The fourth-order valence-electron chi connectivity index (χ4n) is 4.30. The van der Waals surface area contributed by atoms with Crippen LogP contribution in [0.2, 0.25) is 0 Å². The third-order valence-corrected chi connectivity index (χ3v) is 6.70. The van der Waals surface area contributed by atoms with Crippen molar-refractivity contribution >= 4 is 11.8 Å². The maximum absolute atomic E-state index is 4.12. The highest BCUT2D eigenvalue weighted by Gasteiger charge is 2.28. The molecule has 0 aliphatic heterocycles. The van der Waals surface area contributed by atoms with Gasteiger partial charge in [-0.3, -0.25) is 0 Å². The molecule has 190 valence electrons. The van der Waals surface area contributed by atoms with Gasteiger partial charge in [0.05, 0.1) is 11.3 Å². The summed E-state index contributed by atoms with van der Waals surface area (Å²) in [5, 5.41) is 0. The summed E-state index contributed by atoms with van der Waals surface area (Å²) in [5.74, 6) is 1.15. The number of nitrogens with zero attached hydrogens (tertiary/aromatic N) is 4. The van der Waals surface area contributed by atoms with Gasteiger partial charge in [0.25, 0.3) is 5.82 Å². The van der Waals surface area contributed by atoms with E-state index in [1.54, 1.807) is 0 Å². The highest BCUT2D eigenvalue weighted by molar-refractivity contribution is 5.75. The Morgan fingerprint density at radius 2 is 1.78 bits per heavy atom. The molecular weight excluding hydrogens is 440 g/mol. The number of benzene rings is 1. The van der Waals surface area contributed by atoms with Gasteiger partial charge in [0.2, 0.25) is 0 Å². The van der Waals surface area contributed by atoms with Gasteiger partial charge in [-0.25, -0.2) is 9.13 Å². The van der Waals surface area contributed by atoms with Gasteiger partial charge in [-0.1, -0.05) is 61.7 Å². The van der Waals surface area contributed by atoms with E-state index in [4.69, 9.17) is 0 Å². The molecule has 0 atom stereocenters. The third-order valence-electron chi connectivity index (χ3n) is 6.70. The molecule has 1 aromatic heterocycles. The van der Waals surface area contributed by atoms with E-state index in [1.807, 2.05) is 31.2 Å². The van der Waals surface area contributed by atoms with Gasteiger partial charge in [-0.05, 0) is 32.1 Å². The highest BCUT2D eigenvalue weighted by Crippen LogP contribution is 2.19. The minimum atomic E-state index is 0.750. The van der Waals surface area contributed by atoms with E-state index in [-0.39, 0.29) is 0 Å². The lowest BCUT2D eigenvalue weighted by Crippen LogP contribution is -2.43. The molecule has 0 spiro atoms. The lowest BCUT2D eigenvalue weighted by Gasteiger charge is -2.18. The number of aromatic nitrogens is 2. The van der Waals surface area contributed by atoms with E-state index >= 15 is 0 Å². The fourth-order valence-corrected chi connectivity index (χ4v) is 4.30. The SMILES string of the molecule is C=CCN(C)/C(C)=C(/C)[N+](=Cc1ccccc1)CC[n+]1c(C)c(C)n(CC=C)c1/C(C=C)=C/C=C\C. The monoisotopic (exact) mass is 484 g/mol. The first-order valence-corrected chi connectivity index (χ1v) is 12.6. The number of likely N-dealkylation sites (N-methyl/N-ethyl adjacent to an activating group) is 1. The molecule has 0 radical (unpaired) electrons. The van der Waals surface area contributed by atoms with E-state index in [0.29, 0.717) is 0 Å². The van der Waals surface area contributed by atoms with E-state index in [9.17, 15) is 0 Å². The van der Waals surface area contributed by atoms with E-state index in [2.05, 4.69) is 122 Å². The molecule has 0 unspecified atom stereocenters. The Hall–Kier alpha value is -3.66. The molecule has 0 aliphatic rings. The second-order valence-electron chi connectivity index (χ2n) is 8.97. The summed E-state index contributed by atoms with van der Waals surface area (Å²) >= 11 is 0. The minimum absolute atomic E-state index is 0.750. The Labute approximate surface area is 218 Å². The Morgan fingerprint density at radius 3 is 2.36 bits per heavy atom. The van der Waals surface area contributed by atoms with Gasteiger partial charge in [0.1, 0.15) is 24.5 Å². The number of rotatable bonds is 13. The van der Waals surface area contributed by atoms with Crippen LogP contribution in [0.25, 0.3) is 5.57 Å². The van der Waals surface area contributed by atoms with E-state index in [1.165, 1.54) is 28.3 Å². The topological polar surface area (TPSA) is 15.1 Å². The van der Waals surface area contributed by atoms with Crippen LogP contribution in [0.1, 0.15) is 43.5 Å². The van der Waals surface area contributed by atoms with Gasteiger partial charge in [0, 0.05) is 39.9 Å². The lowest BCUT2D eigenvalue weighted by molar-refractivity contribution is -0.723. The molecule has 0 saturated heterocycles. The number of hydrogen-bond donors (Lipinski definition) is 0. The fraction of sp³-hybridized carbons (Fsp3) is 0.312. The highest BCUT2D eigenvalue weighted by atomic mass is 15.2. The quantitative estimate of drug-likeness (QED) is 0.142. The summed E-state index contributed by atoms with van der Waals surface area (Å²) < 4.78 is 7.11. The van der Waals surface area contributed by atoms with Crippen molar-refractivity contribution in [2.45, 2.75) is 47.7 Å². The van der Waals surface area contributed by atoms with Crippen LogP contribution in [0.4, 0.5) is 0 Å². The van der Waals surface area contributed by atoms with Crippen LogP contribution in [0.15, 0.2) is 97.9 Å². The molecule has 0 aliphatic carbocycles. The number of hydrogen-bond acceptors (Lipinski definition) is 1. The summed E-state index contributed by atoms with van der Waals surface area (Å²) in [6.45, 7) is 26.0. The van der Waals surface area contributed by atoms with Crippen LogP contribution in [0.5, 0.6) is 0 Å². The Bertz CT molecular complexity index is 1190. The Balaban J connectivity index is 2.63. The molecule has 0 amide bonds. The predicted octanol–water partition coefficient (Wildman–Crippen LogP) is 6.22. The molecule has 4 nitrogen and oxygen atoms in total. The van der Waals surface area contributed by atoms with Crippen molar-refractivity contribution < 1.29 is 9.14 Å². The summed E-state index contributed by atoms with van der Waals surface area (Å²) in [5.41, 5.74) is 7.22. The van der Waals surface area contributed by atoms with Gasteiger partial charge < -0.3 is 4.90 Å². The smallest absolute Gasteiger partial charge is 0.289 e. The largest absolute Gasteiger partial charge is 0.369 e. The van der Waals surface area contributed by atoms with Gasteiger partial charge in [-0.15, -0.1) is 6.58 Å². The first-order chi connectivity index (χ1) is 17.3. The summed E-state index contributed by atoms with van der Waals surface area (Å²) in [7, 11) is 2.11. The molecule has 2 rings (SSSR count). The molecule has 0 saturated carbocycles. The molecule has 0 fully saturated rings. The van der Waals surface area contributed by atoms with Crippen LogP contribution in [-0.4, -0.2) is 40.4 Å². The zero-order valence-corrected chi connectivity index (χ0v) is 23.2. The molecule has 0 bridgehead atoms. The van der Waals surface area contributed by atoms with Gasteiger partial charge >= 0.3 is 0 Å². The van der Waals surface area contributed by atoms with Crippen molar-refractivity contribution in [3.63, 3.8) is 0 Å². The summed E-state index contributed by atoms with van der Waals surface area (Å²) in [4.78, 5) is 2.23. The van der Waals surface area contributed by atoms with Crippen LogP contribution in [0.3, 0.4) is 0 Å². The third kappa shape index (κ3) is 6.94. The molecular formula is C32H44N4+2. The van der Waals surface area contributed by atoms with Crippen molar-refractivity contribution in [2.75, 3.05) is 20.1 Å². The van der Waals surface area contributed by atoms with Crippen LogP contribution in [0, 0.1) is 13.8 Å². The Morgan fingerprint density at radius 1 is 1.08 bits per heavy atom. The molecule has 1 heterocycles. The lowest BCUT2D eigenvalue weighted by atomic mass is 10.2. The minimum Gasteiger partial charge on any atom is -0.369 e. The zero-order valence-electron chi connectivity index (χ0n) is 23.2. The van der Waals surface area contributed by atoms with Crippen molar-refractivity contribution in [3.05, 3.63) is 121 Å². The first-order valence-electron chi connectivity index (χ1n) is 12.6. The van der Waals surface area contributed by atoms with Crippen molar-refractivity contribution in [3.8, 4) is 0 Å². The maximum atomic E-state index is 4.12.